The Morgan fingerprint density at radius 1 is 0.714 bits per heavy atom. The SMILES string of the molecule is C=C1CC(C)(C)C(=C)N(CCCCCCN2C(=O)C(=C)CC(C)(C)C2=O)C1=O. The van der Waals surface area contributed by atoms with Crippen molar-refractivity contribution < 1.29 is 14.4 Å². The van der Waals surface area contributed by atoms with Crippen molar-refractivity contribution in [2.75, 3.05) is 13.1 Å². The number of carbonyl (C=O) groups excluding carboxylic acids is 3. The molecule has 2 rings (SSSR count). The molecule has 0 aromatic rings. The first-order chi connectivity index (χ1) is 12.9. The Bertz CT molecular complexity index is 668. The van der Waals surface area contributed by atoms with E-state index in [0.29, 0.717) is 37.1 Å². The van der Waals surface area contributed by atoms with E-state index in [1.54, 1.807) is 4.90 Å². The first-order valence-electron chi connectivity index (χ1n) is 10.1. The Morgan fingerprint density at radius 3 is 1.68 bits per heavy atom. The van der Waals surface area contributed by atoms with Crippen LogP contribution in [-0.4, -0.2) is 40.6 Å². The van der Waals surface area contributed by atoms with E-state index in [0.717, 1.165) is 31.4 Å². The van der Waals surface area contributed by atoms with Crippen LogP contribution in [0.15, 0.2) is 36.6 Å². The van der Waals surface area contributed by atoms with Gasteiger partial charge in [-0.1, -0.05) is 60.3 Å². The third kappa shape index (κ3) is 4.45. The molecular formula is C23H34N2O3. The van der Waals surface area contributed by atoms with E-state index in [4.69, 9.17) is 0 Å². The van der Waals surface area contributed by atoms with Gasteiger partial charge in [0.15, 0.2) is 0 Å². The Hall–Kier alpha value is -2.17. The third-order valence-corrected chi connectivity index (χ3v) is 5.85. The highest BCUT2D eigenvalue weighted by Gasteiger charge is 2.41. The third-order valence-electron chi connectivity index (χ3n) is 5.85. The molecule has 154 valence electrons. The van der Waals surface area contributed by atoms with E-state index >= 15 is 0 Å². The molecule has 3 amide bonds. The number of nitrogens with zero attached hydrogens (tertiary/aromatic N) is 2. The number of unbranched alkanes of at least 4 members (excludes halogenated alkanes) is 3. The highest BCUT2D eigenvalue weighted by atomic mass is 16.2. The van der Waals surface area contributed by atoms with Gasteiger partial charge in [-0.05, 0) is 25.7 Å². The van der Waals surface area contributed by atoms with Crippen molar-refractivity contribution in [2.45, 2.75) is 66.2 Å². The summed E-state index contributed by atoms with van der Waals surface area (Å²) >= 11 is 0. The number of hydrogen-bond donors (Lipinski definition) is 0. The van der Waals surface area contributed by atoms with Crippen molar-refractivity contribution in [1.29, 1.82) is 0 Å². The van der Waals surface area contributed by atoms with Gasteiger partial charge in [-0.2, -0.15) is 0 Å². The van der Waals surface area contributed by atoms with Crippen LogP contribution in [0.1, 0.15) is 66.2 Å². The van der Waals surface area contributed by atoms with Gasteiger partial charge in [0, 0.05) is 40.8 Å². The van der Waals surface area contributed by atoms with E-state index in [-0.39, 0.29) is 23.1 Å². The van der Waals surface area contributed by atoms with Crippen molar-refractivity contribution in [3.63, 3.8) is 0 Å². The zero-order chi connectivity index (χ0) is 21.3. The Kier molecular flexibility index (Phi) is 6.37. The molecule has 0 unspecified atom stereocenters. The van der Waals surface area contributed by atoms with Crippen molar-refractivity contribution in [3.8, 4) is 0 Å². The average molecular weight is 387 g/mol. The summed E-state index contributed by atoms with van der Waals surface area (Å²) in [6.45, 7) is 20.8. The average Bonchev–Trinajstić information content (AvgIpc) is 2.59. The van der Waals surface area contributed by atoms with Crippen molar-refractivity contribution >= 4 is 17.7 Å². The zero-order valence-corrected chi connectivity index (χ0v) is 17.9. The zero-order valence-electron chi connectivity index (χ0n) is 17.9. The minimum absolute atomic E-state index is 0.0189. The molecule has 2 saturated heterocycles. The van der Waals surface area contributed by atoms with E-state index < -0.39 is 5.41 Å². The predicted octanol–water partition coefficient (Wildman–Crippen LogP) is 4.22. The van der Waals surface area contributed by atoms with Gasteiger partial charge in [-0.15, -0.1) is 0 Å². The number of allylic oxidation sites excluding steroid dienone is 1. The number of amides is 3. The molecule has 5 nitrogen and oxygen atoms in total. The van der Waals surface area contributed by atoms with Crippen LogP contribution in [0, 0.1) is 10.8 Å². The van der Waals surface area contributed by atoms with Crippen molar-refractivity contribution in [2.24, 2.45) is 10.8 Å². The van der Waals surface area contributed by atoms with Crippen molar-refractivity contribution in [3.05, 3.63) is 36.6 Å². The summed E-state index contributed by atoms with van der Waals surface area (Å²) in [7, 11) is 0. The minimum atomic E-state index is -0.560. The number of imide groups is 1. The molecule has 28 heavy (non-hydrogen) atoms. The lowest BCUT2D eigenvalue weighted by molar-refractivity contribution is -0.152. The van der Waals surface area contributed by atoms with Crippen LogP contribution in [0.25, 0.3) is 0 Å². The molecule has 0 saturated carbocycles. The number of likely N-dealkylation sites (tertiary alicyclic amines) is 2. The highest BCUT2D eigenvalue weighted by Crippen LogP contribution is 2.39. The molecule has 2 aliphatic rings. The molecule has 0 spiro atoms. The lowest BCUT2D eigenvalue weighted by atomic mass is 9.79. The van der Waals surface area contributed by atoms with Crippen LogP contribution < -0.4 is 0 Å². The smallest absolute Gasteiger partial charge is 0.255 e. The molecule has 2 heterocycles. The maximum absolute atomic E-state index is 12.5. The van der Waals surface area contributed by atoms with E-state index in [1.807, 2.05) is 13.8 Å². The molecule has 0 atom stereocenters. The first kappa shape index (κ1) is 22.1. The number of rotatable bonds is 7. The van der Waals surface area contributed by atoms with Crippen molar-refractivity contribution in [1.82, 2.24) is 9.80 Å². The topological polar surface area (TPSA) is 57.7 Å². The number of hydrogen-bond acceptors (Lipinski definition) is 3. The van der Waals surface area contributed by atoms with Gasteiger partial charge < -0.3 is 4.90 Å². The molecular weight excluding hydrogens is 352 g/mol. The largest absolute Gasteiger partial charge is 0.312 e. The quantitative estimate of drug-likeness (QED) is 0.374. The maximum atomic E-state index is 12.5. The Balaban J connectivity index is 1.79. The van der Waals surface area contributed by atoms with E-state index in [1.165, 1.54) is 4.90 Å². The molecule has 2 aliphatic heterocycles. The second kappa shape index (κ2) is 8.06. The first-order valence-corrected chi connectivity index (χ1v) is 10.1. The van der Waals surface area contributed by atoms with E-state index in [9.17, 15) is 14.4 Å². The normalized spacial score (nSPS) is 22.3. The van der Waals surface area contributed by atoms with Gasteiger partial charge in [0.2, 0.25) is 5.91 Å². The second-order valence-electron chi connectivity index (χ2n) is 9.41. The maximum Gasteiger partial charge on any atom is 0.255 e. The summed E-state index contributed by atoms with van der Waals surface area (Å²) in [6.07, 6.45) is 4.51. The second-order valence-corrected chi connectivity index (χ2v) is 9.41. The fourth-order valence-corrected chi connectivity index (χ4v) is 4.06. The summed E-state index contributed by atoms with van der Waals surface area (Å²) in [5.41, 5.74) is 1.30. The molecule has 5 heteroatoms. The van der Waals surface area contributed by atoms with Gasteiger partial charge in [-0.25, -0.2) is 0 Å². The van der Waals surface area contributed by atoms with Crippen LogP contribution in [0.3, 0.4) is 0 Å². The van der Waals surface area contributed by atoms with Crippen LogP contribution in [-0.2, 0) is 14.4 Å². The van der Waals surface area contributed by atoms with Crippen LogP contribution in [0.2, 0.25) is 0 Å². The molecule has 0 N–H and O–H groups in total. The molecule has 0 aliphatic carbocycles. The monoisotopic (exact) mass is 386 g/mol. The molecule has 0 radical (unpaired) electrons. The fraction of sp³-hybridized carbons (Fsp3) is 0.609. The minimum Gasteiger partial charge on any atom is -0.312 e. The van der Waals surface area contributed by atoms with Crippen LogP contribution >= 0.6 is 0 Å². The van der Waals surface area contributed by atoms with Gasteiger partial charge >= 0.3 is 0 Å². The number of carbonyl (C=O) groups is 3. The van der Waals surface area contributed by atoms with Crippen LogP contribution in [0.4, 0.5) is 0 Å². The summed E-state index contributed by atoms with van der Waals surface area (Å²) in [5, 5.41) is 0. The fourth-order valence-electron chi connectivity index (χ4n) is 4.06. The van der Waals surface area contributed by atoms with Gasteiger partial charge in [0.05, 0.1) is 0 Å². The van der Waals surface area contributed by atoms with Gasteiger partial charge in [-0.3, -0.25) is 19.3 Å². The lowest BCUT2D eigenvalue weighted by Gasteiger charge is -2.41. The van der Waals surface area contributed by atoms with Crippen LogP contribution in [0.5, 0.6) is 0 Å². The Labute approximate surface area is 169 Å². The summed E-state index contributed by atoms with van der Waals surface area (Å²) in [6, 6.07) is 0. The summed E-state index contributed by atoms with van der Waals surface area (Å²) in [5.74, 6) is -0.365. The highest BCUT2D eigenvalue weighted by molar-refractivity contribution is 6.08. The molecule has 0 bridgehead atoms. The lowest BCUT2D eigenvalue weighted by Crippen LogP contribution is -2.50. The standard InChI is InChI=1S/C23H34N2O3/c1-16-14-22(4,5)18(3)24(19(16)26)12-10-8-9-11-13-25-20(27)17(2)15-23(6,7)21(25)28/h1-3,8-15H2,4-7H3. The molecule has 2 fully saturated rings. The summed E-state index contributed by atoms with van der Waals surface area (Å²) < 4.78 is 0. The summed E-state index contributed by atoms with van der Waals surface area (Å²) in [4.78, 5) is 40.3. The predicted molar refractivity (Wildman–Crippen MR) is 111 cm³/mol. The molecule has 0 aromatic carbocycles. The van der Waals surface area contributed by atoms with E-state index in [2.05, 4.69) is 33.6 Å². The molecule has 0 aromatic heterocycles. The Morgan fingerprint density at radius 2 is 1.14 bits per heavy atom. The van der Waals surface area contributed by atoms with Gasteiger partial charge in [0.25, 0.3) is 11.8 Å². The van der Waals surface area contributed by atoms with Gasteiger partial charge in [0.1, 0.15) is 0 Å². The number of piperidine rings is 2.